The Labute approximate surface area is 185 Å². The second-order valence-electron chi connectivity index (χ2n) is 7.78. The smallest absolute Gasteiger partial charge is 0.268 e. The average Bonchev–Trinajstić information content (AvgIpc) is 3.21. The number of carbonyl (C=O) groups is 1. The first-order valence-electron chi connectivity index (χ1n) is 10.6. The number of nitrogens with one attached hydrogen (secondary N) is 2. The van der Waals surface area contributed by atoms with Gasteiger partial charge in [-0.1, -0.05) is 24.3 Å². The number of nitrogens with zero attached hydrogens (tertiary/aromatic N) is 1. The van der Waals surface area contributed by atoms with Crippen LogP contribution in [0.25, 0.3) is 33.2 Å². The number of amides is 1. The van der Waals surface area contributed by atoms with Crippen LogP contribution in [0.15, 0.2) is 67.0 Å². The number of pyridine rings is 1. The molecule has 0 spiro atoms. The quantitative estimate of drug-likeness (QED) is 0.340. The number of fused-ring (bicyclic) bond motifs is 1. The Morgan fingerprint density at radius 3 is 2.47 bits per heavy atom. The Morgan fingerprint density at radius 1 is 1.03 bits per heavy atom. The summed E-state index contributed by atoms with van der Waals surface area (Å²) >= 11 is 0. The summed E-state index contributed by atoms with van der Waals surface area (Å²) in [5, 5.41) is 3.85. The first-order valence-corrected chi connectivity index (χ1v) is 10.6. The van der Waals surface area contributed by atoms with Crippen molar-refractivity contribution in [2.24, 2.45) is 11.5 Å². The number of benzene rings is 2. The van der Waals surface area contributed by atoms with Crippen LogP contribution in [0.4, 0.5) is 4.39 Å². The standard InChI is InChI=1S/C25H26FN5O/c26-19-6-3-16(4-7-19)18-5-8-21-22(14-18)31-24(23(21)17-9-12-29-13-10-17)25(32)30-15-20(28)2-1-11-27/h3-10,12-14,20,31H,1-2,11,15,27-28H2,(H,30,32). The second kappa shape index (κ2) is 9.72. The van der Waals surface area contributed by atoms with E-state index in [0.717, 1.165) is 46.0 Å². The number of aromatic amines is 1. The van der Waals surface area contributed by atoms with Gasteiger partial charge in [-0.2, -0.15) is 0 Å². The molecule has 0 saturated heterocycles. The van der Waals surface area contributed by atoms with Gasteiger partial charge in [-0.15, -0.1) is 0 Å². The second-order valence-corrected chi connectivity index (χ2v) is 7.78. The molecular weight excluding hydrogens is 405 g/mol. The van der Waals surface area contributed by atoms with Crippen molar-refractivity contribution in [2.75, 3.05) is 13.1 Å². The van der Waals surface area contributed by atoms with Crippen molar-refractivity contribution >= 4 is 16.8 Å². The molecule has 0 aliphatic carbocycles. The zero-order chi connectivity index (χ0) is 22.5. The minimum absolute atomic E-state index is 0.152. The molecule has 7 heteroatoms. The highest BCUT2D eigenvalue weighted by Crippen LogP contribution is 2.34. The summed E-state index contributed by atoms with van der Waals surface area (Å²) in [4.78, 5) is 20.5. The molecule has 4 aromatic rings. The minimum Gasteiger partial charge on any atom is -0.350 e. The summed E-state index contributed by atoms with van der Waals surface area (Å²) in [5.74, 6) is -0.502. The van der Waals surface area contributed by atoms with E-state index < -0.39 is 0 Å². The third-order valence-corrected chi connectivity index (χ3v) is 5.48. The molecule has 1 unspecified atom stereocenters. The van der Waals surface area contributed by atoms with Gasteiger partial charge in [0.2, 0.25) is 0 Å². The molecule has 32 heavy (non-hydrogen) atoms. The van der Waals surface area contributed by atoms with Crippen molar-refractivity contribution in [1.29, 1.82) is 0 Å². The lowest BCUT2D eigenvalue weighted by atomic mass is 9.99. The molecule has 1 amide bonds. The Hall–Kier alpha value is -3.55. The molecule has 0 aliphatic rings. The SMILES string of the molecule is NCCCC(N)CNC(=O)c1[nH]c2cc(-c3ccc(F)cc3)ccc2c1-c1ccncc1. The predicted molar refractivity (Wildman–Crippen MR) is 126 cm³/mol. The van der Waals surface area contributed by atoms with E-state index in [1.807, 2.05) is 30.3 Å². The van der Waals surface area contributed by atoms with Crippen molar-refractivity contribution in [3.63, 3.8) is 0 Å². The third-order valence-electron chi connectivity index (χ3n) is 5.48. The molecule has 2 aromatic heterocycles. The van der Waals surface area contributed by atoms with Gasteiger partial charge in [-0.3, -0.25) is 9.78 Å². The molecule has 0 bridgehead atoms. The van der Waals surface area contributed by atoms with Crippen LogP contribution in [0.3, 0.4) is 0 Å². The zero-order valence-corrected chi connectivity index (χ0v) is 17.6. The van der Waals surface area contributed by atoms with E-state index >= 15 is 0 Å². The molecule has 2 aromatic carbocycles. The number of hydrogen-bond acceptors (Lipinski definition) is 4. The molecule has 1 atom stereocenters. The van der Waals surface area contributed by atoms with Gasteiger partial charge in [0.25, 0.3) is 5.91 Å². The number of nitrogens with two attached hydrogens (primary N) is 2. The monoisotopic (exact) mass is 431 g/mol. The minimum atomic E-state index is -0.279. The first kappa shape index (κ1) is 21.7. The van der Waals surface area contributed by atoms with Crippen LogP contribution in [0.5, 0.6) is 0 Å². The number of carbonyl (C=O) groups excluding carboxylic acids is 1. The average molecular weight is 432 g/mol. The molecule has 6 N–H and O–H groups in total. The van der Waals surface area contributed by atoms with Crippen molar-refractivity contribution in [3.05, 3.63) is 78.5 Å². The lowest BCUT2D eigenvalue weighted by Crippen LogP contribution is -2.37. The fourth-order valence-electron chi connectivity index (χ4n) is 3.80. The molecule has 0 radical (unpaired) electrons. The Morgan fingerprint density at radius 2 is 1.75 bits per heavy atom. The van der Waals surface area contributed by atoms with E-state index in [-0.39, 0.29) is 17.8 Å². The van der Waals surface area contributed by atoms with E-state index in [2.05, 4.69) is 15.3 Å². The largest absolute Gasteiger partial charge is 0.350 e. The number of halogens is 1. The Bertz CT molecular complexity index is 1200. The number of rotatable bonds is 8. The Balaban J connectivity index is 1.71. The van der Waals surface area contributed by atoms with Gasteiger partial charge in [0.1, 0.15) is 11.5 Å². The highest BCUT2D eigenvalue weighted by atomic mass is 19.1. The van der Waals surface area contributed by atoms with Crippen LogP contribution in [0, 0.1) is 5.82 Å². The summed E-state index contributed by atoms with van der Waals surface area (Å²) < 4.78 is 13.3. The van der Waals surface area contributed by atoms with Crippen LogP contribution >= 0.6 is 0 Å². The molecular formula is C25H26FN5O. The van der Waals surface area contributed by atoms with Gasteiger partial charge < -0.3 is 21.8 Å². The molecule has 0 aliphatic heterocycles. The summed E-state index contributed by atoms with van der Waals surface area (Å²) in [5.41, 5.74) is 16.4. The van der Waals surface area contributed by atoms with Gasteiger partial charge in [0.15, 0.2) is 0 Å². The highest BCUT2D eigenvalue weighted by Gasteiger charge is 2.20. The maximum atomic E-state index is 13.3. The molecule has 6 nitrogen and oxygen atoms in total. The van der Waals surface area contributed by atoms with Crippen LogP contribution in [0.1, 0.15) is 23.3 Å². The molecule has 164 valence electrons. The van der Waals surface area contributed by atoms with Crippen molar-refractivity contribution < 1.29 is 9.18 Å². The van der Waals surface area contributed by atoms with Crippen molar-refractivity contribution in [2.45, 2.75) is 18.9 Å². The lowest BCUT2D eigenvalue weighted by molar-refractivity contribution is 0.0947. The predicted octanol–water partition coefficient (Wildman–Crippen LogP) is 3.83. The lowest BCUT2D eigenvalue weighted by Gasteiger charge is -2.12. The van der Waals surface area contributed by atoms with Crippen LogP contribution in [-0.2, 0) is 0 Å². The van der Waals surface area contributed by atoms with Gasteiger partial charge in [-0.25, -0.2) is 4.39 Å². The van der Waals surface area contributed by atoms with Gasteiger partial charge in [0, 0.05) is 41.4 Å². The molecule has 4 rings (SSSR count). The topological polar surface area (TPSA) is 110 Å². The van der Waals surface area contributed by atoms with Crippen molar-refractivity contribution in [3.8, 4) is 22.3 Å². The van der Waals surface area contributed by atoms with Gasteiger partial charge in [0.05, 0.1) is 0 Å². The fraction of sp³-hybridized carbons (Fsp3) is 0.200. The molecule has 0 saturated carbocycles. The first-order chi connectivity index (χ1) is 15.6. The van der Waals surface area contributed by atoms with E-state index in [9.17, 15) is 9.18 Å². The van der Waals surface area contributed by atoms with Crippen LogP contribution in [-0.4, -0.2) is 35.0 Å². The van der Waals surface area contributed by atoms with E-state index in [1.165, 1.54) is 12.1 Å². The van der Waals surface area contributed by atoms with E-state index in [4.69, 9.17) is 11.5 Å². The summed E-state index contributed by atoms with van der Waals surface area (Å²) in [7, 11) is 0. The van der Waals surface area contributed by atoms with Crippen molar-refractivity contribution in [1.82, 2.24) is 15.3 Å². The van der Waals surface area contributed by atoms with Gasteiger partial charge >= 0.3 is 0 Å². The normalized spacial score (nSPS) is 12.1. The van der Waals surface area contributed by atoms with Gasteiger partial charge in [-0.05, 0) is 66.4 Å². The maximum Gasteiger partial charge on any atom is 0.268 e. The van der Waals surface area contributed by atoms with Crippen LogP contribution in [0.2, 0.25) is 0 Å². The summed E-state index contributed by atoms with van der Waals surface area (Å²) in [6, 6.07) is 15.9. The number of H-pyrrole nitrogens is 1. The van der Waals surface area contributed by atoms with E-state index in [0.29, 0.717) is 18.8 Å². The number of aromatic nitrogens is 2. The highest BCUT2D eigenvalue weighted by molar-refractivity contribution is 6.10. The third kappa shape index (κ3) is 4.69. The molecule has 2 heterocycles. The fourth-order valence-corrected chi connectivity index (χ4v) is 3.80. The zero-order valence-electron chi connectivity index (χ0n) is 17.6. The number of hydrogen-bond donors (Lipinski definition) is 4. The van der Waals surface area contributed by atoms with Crippen LogP contribution < -0.4 is 16.8 Å². The summed E-state index contributed by atoms with van der Waals surface area (Å²) in [6.07, 6.45) is 4.97. The summed E-state index contributed by atoms with van der Waals surface area (Å²) in [6.45, 7) is 0.942. The molecule has 0 fully saturated rings. The van der Waals surface area contributed by atoms with E-state index in [1.54, 1.807) is 24.5 Å². The Kier molecular flexibility index (Phi) is 6.58. The maximum absolute atomic E-state index is 13.3.